The van der Waals surface area contributed by atoms with Crippen molar-refractivity contribution >= 4 is 17.1 Å². The van der Waals surface area contributed by atoms with Crippen LogP contribution >= 0.6 is 11.3 Å². The topological polar surface area (TPSA) is 26.3 Å². The Morgan fingerprint density at radius 3 is 2.77 bits per heavy atom. The molecule has 0 amide bonds. The molecule has 1 heterocycles. The van der Waals surface area contributed by atoms with Crippen LogP contribution in [0, 0.1) is 6.92 Å². The van der Waals surface area contributed by atoms with Gasteiger partial charge in [0.25, 0.3) is 0 Å². The largest absolute Gasteiger partial charge is 0.371 e. The minimum Gasteiger partial charge on any atom is -0.371 e. The summed E-state index contributed by atoms with van der Waals surface area (Å²) in [7, 11) is 0. The van der Waals surface area contributed by atoms with E-state index in [1.165, 1.54) is 11.3 Å². The van der Waals surface area contributed by atoms with Crippen LogP contribution in [0.4, 0.5) is 0 Å². The standard InChI is InChI=1S/C10H14O2S/c1-7(2)12-6-9(11)10-8(3)4-5-13-10/h4-5,7H,6H2,1-3H3. The second kappa shape index (κ2) is 4.53. The summed E-state index contributed by atoms with van der Waals surface area (Å²) in [5.41, 5.74) is 1.04. The molecule has 13 heavy (non-hydrogen) atoms. The van der Waals surface area contributed by atoms with Gasteiger partial charge in [0.15, 0.2) is 5.78 Å². The molecule has 0 spiro atoms. The lowest BCUT2D eigenvalue weighted by atomic mass is 10.2. The van der Waals surface area contributed by atoms with Gasteiger partial charge in [-0.15, -0.1) is 11.3 Å². The van der Waals surface area contributed by atoms with Crippen molar-refractivity contribution in [1.29, 1.82) is 0 Å². The first-order valence-corrected chi connectivity index (χ1v) is 5.18. The molecule has 0 aliphatic rings. The number of carbonyl (C=O) groups is 1. The average molecular weight is 198 g/mol. The third kappa shape index (κ3) is 2.94. The van der Waals surface area contributed by atoms with E-state index in [0.29, 0.717) is 0 Å². The first-order valence-electron chi connectivity index (χ1n) is 4.30. The van der Waals surface area contributed by atoms with Gasteiger partial charge in [0.1, 0.15) is 6.61 Å². The van der Waals surface area contributed by atoms with Crippen molar-refractivity contribution < 1.29 is 9.53 Å². The van der Waals surface area contributed by atoms with E-state index in [1.807, 2.05) is 32.2 Å². The number of rotatable bonds is 4. The van der Waals surface area contributed by atoms with E-state index < -0.39 is 0 Å². The van der Waals surface area contributed by atoms with Gasteiger partial charge >= 0.3 is 0 Å². The highest BCUT2D eigenvalue weighted by molar-refractivity contribution is 7.12. The molecule has 0 saturated carbocycles. The molecule has 0 fully saturated rings. The van der Waals surface area contributed by atoms with Crippen LogP contribution < -0.4 is 0 Å². The van der Waals surface area contributed by atoms with E-state index in [9.17, 15) is 4.79 Å². The Kier molecular flexibility index (Phi) is 3.63. The summed E-state index contributed by atoms with van der Waals surface area (Å²) in [6, 6.07) is 1.95. The molecule has 1 aromatic heterocycles. The molecular weight excluding hydrogens is 184 g/mol. The van der Waals surface area contributed by atoms with E-state index in [1.54, 1.807) is 0 Å². The molecular formula is C10H14O2S. The maximum atomic E-state index is 11.5. The van der Waals surface area contributed by atoms with Crippen LogP contribution in [0.3, 0.4) is 0 Å². The van der Waals surface area contributed by atoms with E-state index in [2.05, 4.69) is 0 Å². The Balaban J connectivity index is 2.54. The van der Waals surface area contributed by atoms with E-state index >= 15 is 0 Å². The summed E-state index contributed by atoms with van der Waals surface area (Å²) < 4.78 is 5.24. The second-order valence-corrected chi connectivity index (χ2v) is 4.13. The molecule has 0 radical (unpaired) electrons. The van der Waals surface area contributed by atoms with Gasteiger partial charge in [-0.25, -0.2) is 0 Å². The fourth-order valence-electron chi connectivity index (χ4n) is 0.966. The molecule has 0 aromatic carbocycles. The predicted molar refractivity (Wildman–Crippen MR) is 54.5 cm³/mol. The van der Waals surface area contributed by atoms with Crippen molar-refractivity contribution in [3.05, 3.63) is 21.9 Å². The van der Waals surface area contributed by atoms with Gasteiger partial charge in [-0.3, -0.25) is 4.79 Å². The first kappa shape index (κ1) is 10.4. The van der Waals surface area contributed by atoms with Gasteiger partial charge in [-0.05, 0) is 37.8 Å². The Hall–Kier alpha value is -0.670. The van der Waals surface area contributed by atoms with Gasteiger partial charge in [0, 0.05) is 0 Å². The number of ketones is 1. The molecule has 1 aromatic rings. The Labute approximate surface area is 82.5 Å². The Bertz CT molecular complexity index is 289. The van der Waals surface area contributed by atoms with Gasteiger partial charge in [0.2, 0.25) is 0 Å². The molecule has 0 atom stereocenters. The lowest BCUT2D eigenvalue weighted by Gasteiger charge is -2.05. The smallest absolute Gasteiger partial charge is 0.198 e. The van der Waals surface area contributed by atoms with E-state index in [4.69, 9.17) is 4.74 Å². The van der Waals surface area contributed by atoms with Crippen molar-refractivity contribution in [2.45, 2.75) is 26.9 Å². The van der Waals surface area contributed by atoms with Gasteiger partial charge in [0.05, 0.1) is 11.0 Å². The highest BCUT2D eigenvalue weighted by Gasteiger charge is 2.10. The zero-order chi connectivity index (χ0) is 9.84. The van der Waals surface area contributed by atoms with Crippen LogP contribution in [-0.2, 0) is 4.74 Å². The molecule has 0 aliphatic heterocycles. The van der Waals surface area contributed by atoms with E-state index in [-0.39, 0.29) is 18.5 Å². The Morgan fingerprint density at radius 1 is 1.62 bits per heavy atom. The van der Waals surface area contributed by atoms with Crippen LogP contribution in [-0.4, -0.2) is 18.5 Å². The summed E-state index contributed by atoms with van der Waals surface area (Å²) in [6.07, 6.45) is 0.115. The summed E-state index contributed by atoms with van der Waals surface area (Å²) in [5, 5.41) is 1.93. The molecule has 0 aliphatic carbocycles. The molecule has 3 heteroatoms. The van der Waals surface area contributed by atoms with Crippen LogP contribution in [0.15, 0.2) is 11.4 Å². The lowest BCUT2D eigenvalue weighted by Crippen LogP contribution is -2.12. The molecule has 0 saturated heterocycles. The summed E-state index contributed by atoms with van der Waals surface area (Å²) >= 11 is 1.48. The number of thiophene rings is 1. The molecule has 0 unspecified atom stereocenters. The molecule has 2 nitrogen and oxygen atoms in total. The summed E-state index contributed by atoms with van der Waals surface area (Å²) in [5.74, 6) is 0.0844. The third-order valence-corrected chi connectivity index (χ3v) is 2.72. The summed E-state index contributed by atoms with van der Waals surface area (Å²) in [6.45, 7) is 5.99. The minimum atomic E-state index is 0.0844. The molecule has 0 N–H and O–H groups in total. The number of aryl methyl sites for hydroxylation is 1. The maximum Gasteiger partial charge on any atom is 0.198 e. The minimum absolute atomic E-state index is 0.0844. The Morgan fingerprint density at radius 2 is 2.31 bits per heavy atom. The molecule has 1 rings (SSSR count). The average Bonchev–Trinajstić information content (AvgIpc) is 2.47. The SMILES string of the molecule is Cc1ccsc1C(=O)COC(C)C. The van der Waals surface area contributed by atoms with Crippen LogP contribution in [0.1, 0.15) is 29.1 Å². The van der Waals surface area contributed by atoms with Gasteiger partial charge in [-0.2, -0.15) is 0 Å². The van der Waals surface area contributed by atoms with Crippen LogP contribution in [0.5, 0.6) is 0 Å². The lowest BCUT2D eigenvalue weighted by molar-refractivity contribution is 0.0588. The number of carbonyl (C=O) groups excluding carboxylic acids is 1. The van der Waals surface area contributed by atoms with Crippen molar-refractivity contribution in [2.24, 2.45) is 0 Å². The zero-order valence-electron chi connectivity index (χ0n) is 8.16. The number of Topliss-reactive ketones (excluding diaryl/α,β-unsaturated/α-hetero) is 1. The van der Waals surface area contributed by atoms with Crippen molar-refractivity contribution in [3.8, 4) is 0 Å². The second-order valence-electron chi connectivity index (χ2n) is 3.22. The van der Waals surface area contributed by atoms with E-state index in [0.717, 1.165) is 10.4 Å². The highest BCUT2D eigenvalue weighted by atomic mass is 32.1. The quantitative estimate of drug-likeness (QED) is 0.695. The van der Waals surface area contributed by atoms with Crippen LogP contribution in [0.2, 0.25) is 0 Å². The summed E-state index contributed by atoms with van der Waals surface area (Å²) in [4.78, 5) is 12.3. The van der Waals surface area contributed by atoms with Gasteiger partial charge in [-0.1, -0.05) is 0 Å². The molecule has 0 bridgehead atoms. The number of ether oxygens (including phenoxy) is 1. The monoisotopic (exact) mass is 198 g/mol. The van der Waals surface area contributed by atoms with Crippen LogP contribution in [0.25, 0.3) is 0 Å². The third-order valence-electron chi connectivity index (χ3n) is 1.66. The van der Waals surface area contributed by atoms with Crippen molar-refractivity contribution in [3.63, 3.8) is 0 Å². The van der Waals surface area contributed by atoms with Crippen molar-refractivity contribution in [1.82, 2.24) is 0 Å². The normalized spacial score (nSPS) is 10.8. The number of hydrogen-bond acceptors (Lipinski definition) is 3. The van der Waals surface area contributed by atoms with Crippen molar-refractivity contribution in [2.75, 3.05) is 6.61 Å². The predicted octanol–water partition coefficient (Wildman–Crippen LogP) is 2.66. The van der Waals surface area contributed by atoms with Gasteiger partial charge < -0.3 is 4.74 Å². The maximum absolute atomic E-state index is 11.5. The fourth-order valence-corrected chi connectivity index (χ4v) is 1.82. The molecule has 72 valence electrons. The zero-order valence-corrected chi connectivity index (χ0v) is 8.98. The fraction of sp³-hybridized carbons (Fsp3) is 0.500. The first-order chi connectivity index (χ1) is 6.11. The number of hydrogen-bond donors (Lipinski definition) is 0. The highest BCUT2D eigenvalue weighted by Crippen LogP contribution is 2.16.